The van der Waals surface area contributed by atoms with Crippen molar-refractivity contribution in [3.63, 3.8) is 0 Å². The molecule has 5 aromatic rings. The molecule has 0 aliphatic heterocycles. The summed E-state index contributed by atoms with van der Waals surface area (Å²) in [6, 6.07) is 15.5. The van der Waals surface area contributed by atoms with Crippen LogP contribution in [0.3, 0.4) is 0 Å². The lowest BCUT2D eigenvalue weighted by Gasteiger charge is -2.07. The number of anilines is 1. The topological polar surface area (TPSA) is 77.8 Å². The number of halogens is 1. The van der Waals surface area contributed by atoms with Gasteiger partial charge in [0.1, 0.15) is 18.0 Å². The van der Waals surface area contributed by atoms with Gasteiger partial charge < -0.3 is 13.9 Å². The van der Waals surface area contributed by atoms with Gasteiger partial charge in [-0.15, -0.1) is 11.3 Å². The molecule has 0 fully saturated rings. The normalized spacial score (nSPS) is 10.9. The molecule has 176 valence electrons. The quantitative estimate of drug-likeness (QED) is 0.316. The van der Waals surface area contributed by atoms with Crippen LogP contribution in [0, 0.1) is 12.7 Å². The molecule has 3 heterocycles. The van der Waals surface area contributed by atoms with E-state index in [-0.39, 0.29) is 18.3 Å². The highest BCUT2D eigenvalue weighted by Crippen LogP contribution is 2.29. The maximum absolute atomic E-state index is 14.0. The first-order chi connectivity index (χ1) is 17.0. The van der Waals surface area contributed by atoms with Crippen LogP contribution in [-0.4, -0.2) is 27.4 Å². The molecule has 0 spiro atoms. The molecule has 9 heteroatoms. The van der Waals surface area contributed by atoms with E-state index in [9.17, 15) is 9.18 Å². The Hall–Kier alpha value is -4.24. The van der Waals surface area contributed by atoms with Crippen LogP contribution in [0.5, 0.6) is 11.5 Å². The van der Waals surface area contributed by atoms with Crippen molar-refractivity contribution < 1.29 is 18.7 Å². The third-order valence-electron chi connectivity index (χ3n) is 5.38. The smallest absolute Gasteiger partial charge is 0.257 e. The van der Waals surface area contributed by atoms with Gasteiger partial charge in [-0.25, -0.2) is 14.4 Å². The molecule has 0 saturated carbocycles. The third kappa shape index (κ3) is 4.85. The fourth-order valence-corrected chi connectivity index (χ4v) is 4.33. The standard InChI is InChI=1S/C26H21FN4O3S/c1-16-5-4-10-31-13-19(28-24(16)31)14-34-20-7-3-6-18(11-20)25(32)30-26-29-22(15-35-26)17-8-9-23(33-2)21(27)12-17/h3-13,15H,14H2,1-2H3,(H,29,30,32). The molecule has 0 atom stereocenters. The second-order valence-electron chi connectivity index (χ2n) is 7.81. The van der Waals surface area contributed by atoms with Gasteiger partial charge in [0.25, 0.3) is 5.91 Å². The highest BCUT2D eigenvalue weighted by molar-refractivity contribution is 7.14. The SMILES string of the molecule is COc1ccc(-c2csc(NC(=O)c3cccc(OCc4cn5cccc(C)c5n4)c3)n2)cc1F. The van der Waals surface area contributed by atoms with E-state index in [0.717, 1.165) is 16.9 Å². The van der Waals surface area contributed by atoms with Gasteiger partial charge in [-0.2, -0.15) is 0 Å². The average Bonchev–Trinajstić information content (AvgIpc) is 3.51. The Morgan fingerprint density at radius 2 is 2.03 bits per heavy atom. The average molecular weight is 489 g/mol. The number of amides is 1. The third-order valence-corrected chi connectivity index (χ3v) is 6.14. The molecule has 1 amide bonds. The summed E-state index contributed by atoms with van der Waals surface area (Å²) >= 11 is 1.26. The van der Waals surface area contributed by atoms with Gasteiger partial charge in [0, 0.05) is 28.9 Å². The number of hydrogen-bond donors (Lipinski definition) is 1. The molecule has 7 nitrogen and oxygen atoms in total. The first-order valence-electron chi connectivity index (χ1n) is 10.8. The minimum absolute atomic E-state index is 0.163. The number of fused-ring (bicyclic) bond motifs is 1. The minimum Gasteiger partial charge on any atom is -0.494 e. The summed E-state index contributed by atoms with van der Waals surface area (Å²) in [6.07, 6.45) is 3.87. The van der Waals surface area contributed by atoms with Crippen molar-refractivity contribution in [3.05, 3.63) is 95.0 Å². The Balaban J connectivity index is 1.25. The van der Waals surface area contributed by atoms with E-state index in [4.69, 9.17) is 9.47 Å². The number of imidazole rings is 1. The van der Waals surface area contributed by atoms with Crippen LogP contribution < -0.4 is 14.8 Å². The number of aromatic nitrogens is 3. The maximum atomic E-state index is 14.0. The van der Waals surface area contributed by atoms with Crippen molar-refractivity contribution in [1.82, 2.24) is 14.4 Å². The van der Waals surface area contributed by atoms with E-state index in [1.165, 1.54) is 24.5 Å². The first-order valence-corrected chi connectivity index (χ1v) is 11.6. The van der Waals surface area contributed by atoms with E-state index in [1.807, 2.05) is 35.9 Å². The maximum Gasteiger partial charge on any atom is 0.257 e. The van der Waals surface area contributed by atoms with Gasteiger partial charge in [-0.1, -0.05) is 12.1 Å². The Labute approximate surface area is 204 Å². The summed E-state index contributed by atoms with van der Waals surface area (Å²) in [5, 5.41) is 4.96. The van der Waals surface area contributed by atoms with Gasteiger partial charge in [-0.3, -0.25) is 10.1 Å². The fourth-order valence-electron chi connectivity index (χ4n) is 3.62. The Bertz CT molecular complexity index is 1530. The van der Waals surface area contributed by atoms with E-state index in [1.54, 1.807) is 41.8 Å². The lowest BCUT2D eigenvalue weighted by molar-refractivity contribution is 0.102. The van der Waals surface area contributed by atoms with Crippen molar-refractivity contribution in [2.75, 3.05) is 12.4 Å². The number of nitrogens with zero attached hydrogens (tertiary/aromatic N) is 3. The second kappa shape index (κ2) is 9.55. The highest BCUT2D eigenvalue weighted by Gasteiger charge is 2.13. The number of carbonyl (C=O) groups excluding carboxylic acids is 1. The number of pyridine rings is 1. The summed E-state index contributed by atoms with van der Waals surface area (Å²) in [5.41, 5.74) is 4.35. The van der Waals surface area contributed by atoms with Gasteiger partial charge in [0.2, 0.25) is 0 Å². The summed E-state index contributed by atoms with van der Waals surface area (Å²) in [4.78, 5) is 21.8. The summed E-state index contributed by atoms with van der Waals surface area (Å²) in [7, 11) is 1.41. The number of ether oxygens (including phenoxy) is 2. The molecule has 0 saturated heterocycles. The van der Waals surface area contributed by atoms with E-state index in [0.29, 0.717) is 27.7 Å². The molecular formula is C26H21FN4O3S. The summed E-state index contributed by atoms with van der Waals surface area (Å²) < 4.78 is 26.8. The molecule has 0 unspecified atom stereocenters. The van der Waals surface area contributed by atoms with E-state index in [2.05, 4.69) is 15.3 Å². The van der Waals surface area contributed by atoms with Gasteiger partial charge in [0.15, 0.2) is 16.7 Å². The minimum atomic E-state index is -0.473. The molecule has 0 radical (unpaired) electrons. The molecular weight excluding hydrogens is 467 g/mol. The molecule has 1 N–H and O–H groups in total. The number of hydrogen-bond acceptors (Lipinski definition) is 6. The highest BCUT2D eigenvalue weighted by atomic mass is 32.1. The van der Waals surface area contributed by atoms with E-state index < -0.39 is 5.82 Å². The number of aryl methyl sites for hydroxylation is 1. The predicted molar refractivity (Wildman–Crippen MR) is 133 cm³/mol. The van der Waals surface area contributed by atoms with Crippen molar-refractivity contribution in [2.45, 2.75) is 13.5 Å². The molecule has 5 rings (SSSR count). The number of rotatable bonds is 7. The van der Waals surface area contributed by atoms with Crippen LogP contribution in [0.2, 0.25) is 0 Å². The zero-order valence-corrected chi connectivity index (χ0v) is 19.8. The van der Waals surface area contributed by atoms with Crippen molar-refractivity contribution >= 4 is 28.0 Å². The molecule has 3 aromatic heterocycles. The number of carbonyl (C=O) groups is 1. The molecule has 0 aliphatic carbocycles. The molecule has 0 aliphatic rings. The first kappa shape index (κ1) is 22.5. The van der Waals surface area contributed by atoms with Crippen LogP contribution in [0.25, 0.3) is 16.9 Å². The van der Waals surface area contributed by atoms with Crippen LogP contribution in [0.4, 0.5) is 9.52 Å². The number of thiazole rings is 1. The molecule has 35 heavy (non-hydrogen) atoms. The lowest BCUT2D eigenvalue weighted by atomic mass is 10.1. The molecule has 2 aromatic carbocycles. The van der Waals surface area contributed by atoms with Crippen LogP contribution in [0.15, 0.2) is 72.4 Å². The predicted octanol–water partition coefficient (Wildman–Crippen LogP) is 5.75. The van der Waals surface area contributed by atoms with Crippen LogP contribution in [0.1, 0.15) is 21.6 Å². The van der Waals surface area contributed by atoms with E-state index >= 15 is 0 Å². The van der Waals surface area contributed by atoms with Crippen LogP contribution in [-0.2, 0) is 6.61 Å². The number of nitrogens with one attached hydrogen (secondary N) is 1. The summed E-state index contributed by atoms with van der Waals surface area (Å²) in [6.45, 7) is 2.29. The Kier molecular flexibility index (Phi) is 6.15. The molecule has 0 bridgehead atoms. The largest absolute Gasteiger partial charge is 0.494 e. The van der Waals surface area contributed by atoms with Gasteiger partial charge in [-0.05, 0) is 55.0 Å². The fraction of sp³-hybridized carbons (Fsp3) is 0.115. The second-order valence-corrected chi connectivity index (χ2v) is 8.67. The number of methoxy groups -OCH3 is 1. The zero-order valence-electron chi connectivity index (χ0n) is 19.0. The van der Waals surface area contributed by atoms with Gasteiger partial charge in [0.05, 0.1) is 18.5 Å². The Morgan fingerprint density at radius 3 is 2.83 bits per heavy atom. The van der Waals surface area contributed by atoms with Crippen LogP contribution >= 0.6 is 11.3 Å². The van der Waals surface area contributed by atoms with Crippen molar-refractivity contribution in [1.29, 1.82) is 0 Å². The zero-order chi connectivity index (χ0) is 24.4. The van der Waals surface area contributed by atoms with Crippen molar-refractivity contribution in [2.24, 2.45) is 0 Å². The van der Waals surface area contributed by atoms with Crippen molar-refractivity contribution in [3.8, 4) is 22.8 Å². The Morgan fingerprint density at radius 1 is 1.14 bits per heavy atom. The monoisotopic (exact) mass is 488 g/mol. The lowest BCUT2D eigenvalue weighted by Crippen LogP contribution is -2.11. The number of benzene rings is 2. The van der Waals surface area contributed by atoms with Gasteiger partial charge >= 0.3 is 0 Å². The summed E-state index contributed by atoms with van der Waals surface area (Å²) in [5.74, 6) is -0.0735.